The number of hydrogen-bond donors (Lipinski definition) is 0. The maximum atomic E-state index is 11.5. The van der Waals surface area contributed by atoms with E-state index in [4.69, 9.17) is 9.47 Å². The van der Waals surface area contributed by atoms with Gasteiger partial charge in [-0.3, -0.25) is 4.57 Å². The molecule has 4 heteroatoms. The van der Waals surface area contributed by atoms with Gasteiger partial charge in [-0.1, -0.05) is 38.1 Å². The van der Waals surface area contributed by atoms with Crippen molar-refractivity contribution in [3.8, 4) is 0 Å². The summed E-state index contributed by atoms with van der Waals surface area (Å²) in [7, 11) is -0.175. The first-order valence-corrected chi connectivity index (χ1v) is 6.69. The number of ether oxygens (including phenoxy) is 2. The van der Waals surface area contributed by atoms with E-state index in [9.17, 15) is 4.57 Å². The fourth-order valence-electron chi connectivity index (χ4n) is 1.39. The molecule has 17 heavy (non-hydrogen) atoms. The van der Waals surface area contributed by atoms with Crippen molar-refractivity contribution in [2.75, 3.05) is 13.2 Å². The fourth-order valence-corrected chi connectivity index (χ4v) is 1.93. The smallest absolute Gasteiger partial charge is 0.278 e. The summed E-state index contributed by atoms with van der Waals surface area (Å²) in [5, 5.41) is 0. The van der Waals surface area contributed by atoms with Gasteiger partial charge < -0.3 is 9.47 Å². The van der Waals surface area contributed by atoms with E-state index < -0.39 is 5.53 Å². The molecule has 1 aromatic rings. The molecule has 1 radical (unpaired) electrons. The lowest BCUT2D eigenvalue weighted by atomic mass is 10.2. The molecular weight excluding hydrogens is 235 g/mol. The van der Waals surface area contributed by atoms with E-state index in [1.807, 2.05) is 26.0 Å². The van der Waals surface area contributed by atoms with Crippen LogP contribution < -0.4 is 0 Å². The van der Waals surface area contributed by atoms with E-state index in [0.717, 1.165) is 18.4 Å². The van der Waals surface area contributed by atoms with Crippen LogP contribution in [0.3, 0.4) is 0 Å². The highest BCUT2D eigenvalue weighted by atomic mass is 31.1. The third kappa shape index (κ3) is 3.88. The van der Waals surface area contributed by atoms with Crippen LogP contribution in [0.5, 0.6) is 0 Å². The molecule has 0 aliphatic carbocycles. The molecular formula is C13H18O3P. The second-order valence-corrected chi connectivity index (χ2v) is 4.43. The predicted molar refractivity (Wildman–Crippen MR) is 67.0 cm³/mol. The fraction of sp³-hybridized carbons (Fsp3) is 0.538. The normalized spacial score (nSPS) is 11.9. The van der Waals surface area contributed by atoms with Crippen LogP contribution in [0.1, 0.15) is 32.3 Å². The maximum Gasteiger partial charge on any atom is 0.278 e. The van der Waals surface area contributed by atoms with Crippen molar-refractivity contribution in [1.82, 2.24) is 0 Å². The zero-order valence-corrected chi connectivity index (χ0v) is 11.2. The quantitative estimate of drug-likeness (QED) is 0.523. The van der Waals surface area contributed by atoms with Gasteiger partial charge in [0.2, 0.25) is 8.46 Å². The summed E-state index contributed by atoms with van der Waals surface area (Å²) in [4.78, 5) is 0. The summed E-state index contributed by atoms with van der Waals surface area (Å²) in [6, 6.07) is 10.1. The van der Waals surface area contributed by atoms with Crippen LogP contribution >= 0.6 is 8.46 Å². The van der Waals surface area contributed by atoms with Gasteiger partial charge in [0.1, 0.15) is 0 Å². The van der Waals surface area contributed by atoms with E-state index in [2.05, 4.69) is 6.07 Å². The summed E-state index contributed by atoms with van der Waals surface area (Å²) in [6.45, 7) is 5.03. The Morgan fingerprint density at radius 1 is 1.18 bits per heavy atom. The molecule has 0 saturated carbocycles. The highest BCUT2D eigenvalue weighted by molar-refractivity contribution is 7.24. The van der Waals surface area contributed by atoms with Gasteiger partial charge in [-0.15, -0.1) is 0 Å². The molecule has 0 fully saturated rings. The summed E-state index contributed by atoms with van der Waals surface area (Å²) >= 11 is 0. The topological polar surface area (TPSA) is 35.5 Å². The monoisotopic (exact) mass is 253 g/mol. The Labute approximate surface area is 104 Å². The molecule has 0 spiro atoms. The van der Waals surface area contributed by atoms with E-state index in [0.29, 0.717) is 13.2 Å². The molecule has 0 aromatic heterocycles. The van der Waals surface area contributed by atoms with Gasteiger partial charge >= 0.3 is 0 Å². The van der Waals surface area contributed by atoms with E-state index >= 15 is 0 Å². The van der Waals surface area contributed by atoms with Crippen LogP contribution in [-0.2, 0) is 19.6 Å². The summed E-state index contributed by atoms with van der Waals surface area (Å²) in [5.41, 5.74) is -0.406. The molecule has 1 rings (SSSR count). The minimum atomic E-state index is -1.17. The molecule has 0 aliphatic rings. The summed E-state index contributed by atoms with van der Waals surface area (Å²) < 4.78 is 22.8. The first kappa shape index (κ1) is 14.3. The highest BCUT2D eigenvalue weighted by Gasteiger charge is 2.35. The van der Waals surface area contributed by atoms with Gasteiger partial charge in [0, 0.05) is 5.56 Å². The van der Waals surface area contributed by atoms with Crippen LogP contribution in [0.15, 0.2) is 24.3 Å². The molecule has 0 bridgehead atoms. The lowest BCUT2D eigenvalue weighted by Crippen LogP contribution is -2.28. The molecule has 93 valence electrons. The van der Waals surface area contributed by atoms with Gasteiger partial charge in [0.15, 0.2) is 0 Å². The average molecular weight is 253 g/mol. The molecule has 1 aromatic carbocycles. The Balaban J connectivity index is 2.93. The maximum absolute atomic E-state index is 11.5. The van der Waals surface area contributed by atoms with Gasteiger partial charge in [0.25, 0.3) is 5.53 Å². The molecule has 0 aliphatic heterocycles. The molecule has 0 unspecified atom stereocenters. The predicted octanol–water partition coefficient (Wildman–Crippen LogP) is 3.74. The number of rotatable bonds is 8. The van der Waals surface area contributed by atoms with Crippen LogP contribution in [0, 0.1) is 6.07 Å². The molecule has 0 amide bonds. The van der Waals surface area contributed by atoms with Crippen molar-refractivity contribution in [3.05, 3.63) is 35.9 Å². The second-order valence-electron chi connectivity index (χ2n) is 3.66. The SMILES string of the molecule is CCCOC(OCCC)(P=O)c1cc[c]cc1. The third-order valence-corrected chi connectivity index (χ3v) is 2.96. The second kappa shape index (κ2) is 7.54. The van der Waals surface area contributed by atoms with Gasteiger partial charge in [-0.25, -0.2) is 0 Å². The van der Waals surface area contributed by atoms with Crippen LogP contribution in [0.2, 0.25) is 0 Å². The van der Waals surface area contributed by atoms with Gasteiger partial charge in [0.05, 0.1) is 13.2 Å². The zero-order valence-electron chi connectivity index (χ0n) is 10.3. The average Bonchev–Trinajstić information content (AvgIpc) is 2.41. The largest absolute Gasteiger partial charge is 0.337 e. The van der Waals surface area contributed by atoms with Gasteiger partial charge in [-0.05, 0) is 18.9 Å². The minimum Gasteiger partial charge on any atom is -0.337 e. The zero-order chi connectivity index (χ0) is 12.6. The Bertz CT molecular complexity index is 319. The molecule has 0 heterocycles. The molecule has 0 N–H and O–H groups in total. The van der Waals surface area contributed by atoms with Gasteiger partial charge in [-0.2, -0.15) is 0 Å². The standard InChI is InChI=1S/C13H18O3P/c1-3-10-15-13(17-14,16-11-4-2)12-8-6-5-7-9-12/h6-9H,3-4,10-11H2,1-2H3. The summed E-state index contributed by atoms with van der Waals surface area (Å²) in [5.74, 6) is 0. The Hall–Kier alpha value is -0.760. The lowest BCUT2D eigenvalue weighted by Gasteiger charge is -2.27. The van der Waals surface area contributed by atoms with Crippen molar-refractivity contribution in [3.63, 3.8) is 0 Å². The van der Waals surface area contributed by atoms with Crippen molar-refractivity contribution in [2.24, 2.45) is 0 Å². The first-order chi connectivity index (χ1) is 8.29. The van der Waals surface area contributed by atoms with E-state index in [1.165, 1.54) is 0 Å². The van der Waals surface area contributed by atoms with Crippen molar-refractivity contribution in [2.45, 2.75) is 32.2 Å². The van der Waals surface area contributed by atoms with Crippen molar-refractivity contribution >= 4 is 8.46 Å². The Kier molecular flexibility index (Phi) is 6.35. The lowest BCUT2D eigenvalue weighted by molar-refractivity contribution is -0.182. The minimum absolute atomic E-state index is 0.175. The van der Waals surface area contributed by atoms with Crippen molar-refractivity contribution in [1.29, 1.82) is 0 Å². The highest BCUT2D eigenvalue weighted by Crippen LogP contribution is 2.38. The summed E-state index contributed by atoms with van der Waals surface area (Å²) in [6.07, 6.45) is 1.71. The number of benzene rings is 1. The Morgan fingerprint density at radius 2 is 1.71 bits per heavy atom. The van der Waals surface area contributed by atoms with E-state index in [-0.39, 0.29) is 8.46 Å². The molecule has 3 nitrogen and oxygen atoms in total. The van der Waals surface area contributed by atoms with Crippen molar-refractivity contribution < 1.29 is 14.0 Å². The van der Waals surface area contributed by atoms with E-state index in [1.54, 1.807) is 12.1 Å². The van der Waals surface area contributed by atoms with Crippen LogP contribution in [-0.4, -0.2) is 13.2 Å². The third-order valence-electron chi connectivity index (χ3n) is 2.21. The van der Waals surface area contributed by atoms with Crippen LogP contribution in [0.25, 0.3) is 0 Å². The molecule has 0 atom stereocenters. The first-order valence-electron chi connectivity index (χ1n) is 5.88. The molecule has 0 saturated heterocycles. The Morgan fingerprint density at radius 3 is 2.12 bits per heavy atom. The van der Waals surface area contributed by atoms with Crippen LogP contribution in [0.4, 0.5) is 0 Å². The number of hydrogen-bond acceptors (Lipinski definition) is 3.